The van der Waals surface area contributed by atoms with Crippen LogP contribution in [0.4, 0.5) is 0 Å². The van der Waals surface area contributed by atoms with Gasteiger partial charge in [-0.2, -0.15) is 0 Å². The van der Waals surface area contributed by atoms with Gasteiger partial charge in [-0.25, -0.2) is 0 Å². The number of rotatable bonds is 6. The van der Waals surface area contributed by atoms with Gasteiger partial charge in [0.2, 0.25) is 0 Å². The van der Waals surface area contributed by atoms with Crippen LogP contribution in [-0.2, 0) is 11.3 Å². The molecule has 1 amide bonds. The number of aryl methyl sites for hydroxylation is 2. The van der Waals surface area contributed by atoms with E-state index in [9.17, 15) is 4.79 Å². The average Bonchev–Trinajstić information content (AvgIpc) is 3.22. The molecule has 2 heterocycles. The van der Waals surface area contributed by atoms with Crippen LogP contribution in [0.1, 0.15) is 33.8 Å². The van der Waals surface area contributed by atoms with Crippen LogP contribution in [0.25, 0.3) is 0 Å². The van der Waals surface area contributed by atoms with Gasteiger partial charge in [-0.1, -0.05) is 5.16 Å². The number of nitrogens with zero attached hydrogens (tertiary/aromatic N) is 1. The first-order valence-corrected chi connectivity index (χ1v) is 8.14. The molecule has 1 saturated heterocycles. The molecule has 0 spiro atoms. The van der Waals surface area contributed by atoms with Gasteiger partial charge in [-0.3, -0.25) is 4.79 Å². The first-order valence-electron chi connectivity index (χ1n) is 8.14. The van der Waals surface area contributed by atoms with E-state index in [2.05, 4.69) is 10.5 Å². The number of ether oxygens (including phenoxy) is 2. The van der Waals surface area contributed by atoms with Gasteiger partial charge in [0.1, 0.15) is 18.1 Å². The zero-order valence-corrected chi connectivity index (χ0v) is 14.0. The standard InChI is InChI=1S/C18H22N2O4/c1-12-17(13(2)24-20-12)11-23-16-5-3-15(4-6-16)18(21)19-9-14-7-8-22-10-14/h3-6,14H,7-11H2,1-2H3,(H,19,21)/t14-/m0/s1. The maximum Gasteiger partial charge on any atom is 0.251 e. The number of benzene rings is 1. The van der Waals surface area contributed by atoms with Crippen LogP contribution in [-0.4, -0.2) is 30.8 Å². The van der Waals surface area contributed by atoms with Crippen molar-refractivity contribution in [2.45, 2.75) is 26.9 Å². The summed E-state index contributed by atoms with van der Waals surface area (Å²) in [6.07, 6.45) is 1.01. The smallest absolute Gasteiger partial charge is 0.251 e. The molecule has 128 valence electrons. The summed E-state index contributed by atoms with van der Waals surface area (Å²) in [5, 5.41) is 6.85. The minimum absolute atomic E-state index is 0.0702. The molecule has 6 heteroatoms. The fourth-order valence-corrected chi connectivity index (χ4v) is 2.65. The van der Waals surface area contributed by atoms with Gasteiger partial charge in [-0.15, -0.1) is 0 Å². The highest BCUT2D eigenvalue weighted by molar-refractivity contribution is 5.94. The van der Waals surface area contributed by atoms with Gasteiger partial charge in [0.25, 0.3) is 5.91 Å². The summed E-state index contributed by atoms with van der Waals surface area (Å²) in [4.78, 5) is 12.1. The fraction of sp³-hybridized carbons (Fsp3) is 0.444. The molecule has 1 N–H and O–H groups in total. The van der Waals surface area contributed by atoms with Gasteiger partial charge in [0.05, 0.1) is 17.9 Å². The van der Waals surface area contributed by atoms with E-state index in [4.69, 9.17) is 14.0 Å². The van der Waals surface area contributed by atoms with Crippen molar-refractivity contribution in [3.05, 3.63) is 46.8 Å². The van der Waals surface area contributed by atoms with Crippen LogP contribution in [0.2, 0.25) is 0 Å². The Morgan fingerprint density at radius 2 is 2.12 bits per heavy atom. The van der Waals surface area contributed by atoms with Gasteiger partial charge in [0.15, 0.2) is 0 Å². The fourth-order valence-electron chi connectivity index (χ4n) is 2.65. The average molecular weight is 330 g/mol. The zero-order valence-electron chi connectivity index (χ0n) is 14.0. The van der Waals surface area contributed by atoms with Crippen LogP contribution in [0.15, 0.2) is 28.8 Å². The van der Waals surface area contributed by atoms with Crippen molar-refractivity contribution in [3.8, 4) is 5.75 Å². The maximum absolute atomic E-state index is 12.1. The van der Waals surface area contributed by atoms with E-state index >= 15 is 0 Å². The Morgan fingerprint density at radius 3 is 2.75 bits per heavy atom. The summed E-state index contributed by atoms with van der Waals surface area (Å²) in [5.74, 6) is 1.82. The lowest BCUT2D eigenvalue weighted by Gasteiger charge is -2.10. The molecule has 1 aromatic carbocycles. The van der Waals surface area contributed by atoms with Crippen molar-refractivity contribution in [3.63, 3.8) is 0 Å². The number of hydrogen-bond acceptors (Lipinski definition) is 5. The van der Waals surface area contributed by atoms with E-state index < -0.39 is 0 Å². The number of nitrogens with one attached hydrogen (secondary N) is 1. The lowest BCUT2D eigenvalue weighted by Crippen LogP contribution is -2.29. The van der Waals surface area contributed by atoms with E-state index in [0.717, 1.165) is 36.7 Å². The van der Waals surface area contributed by atoms with Crippen LogP contribution < -0.4 is 10.1 Å². The van der Waals surface area contributed by atoms with Crippen LogP contribution in [0.5, 0.6) is 5.75 Å². The molecule has 24 heavy (non-hydrogen) atoms. The molecule has 0 bridgehead atoms. The van der Waals surface area contributed by atoms with Crippen molar-refractivity contribution in [1.82, 2.24) is 10.5 Å². The molecule has 1 aliphatic heterocycles. The van der Waals surface area contributed by atoms with Crippen LogP contribution >= 0.6 is 0 Å². The number of hydrogen-bond donors (Lipinski definition) is 1. The van der Waals surface area contributed by atoms with Gasteiger partial charge in [-0.05, 0) is 44.5 Å². The molecule has 6 nitrogen and oxygen atoms in total. The van der Waals surface area contributed by atoms with Crippen molar-refractivity contribution >= 4 is 5.91 Å². The Hall–Kier alpha value is -2.34. The number of amides is 1. The first-order chi connectivity index (χ1) is 11.6. The van der Waals surface area contributed by atoms with Gasteiger partial charge < -0.3 is 19.3 Å². The molecule has 0 saturated carbocycles. The van der Waals surface area contributed by atoms with Crippen molar-refractivity contribution in [2.24, 2.45) is 5.92 Å². The Kier molecular flexibility index (Phi) is 5.15. The molecule has 2 aromatic rings. The molecule has 3 rings (SSSR count). The summed E-state index contributed by atoms with van der Waals surface area (Å²) in [5.41, 5.74) is 2.41. The van der Waals surface area contributed by atoms with Crippen LogP contribution in [0, 0.1) is 19.8 Å². The summed E-state index contributed by atoms with van der Waals surface area (Å²) in [6.45, 7) is 6.32. The largest absolute Gasteiger partial charge is 0.489 e. The maximum atomic E-state index is 12.1. The number of carbonyl (C=O) groups is 1. The second kappa shape index (κ2) is 7.49. The minimum atomic E-state index is -0.0702. The summed E-state index contributed by atoms with van der Waals surface area (Å²) < 4.78 is 16.2. The summed E-state index contributed by atoms with van der Waals surface area (Å²) in [6, 6.07) is 7.13. The summed E-state index contributed by atoms with van der Waals surface area (Å²) >= 11 is 0. The van der Waals surface area contributed by atoms with E-state index in [1.165, 1.54) is 0 Å². The van der Waals surface area contributed by atoms with Gasteiger partial charge in [0, 0.05) is 24.6 Å². The third-order valence-corrected chi connectivity index (χ3v) is 4.26. The van der Waals surface area contributed by atoms with Crippen molar-refractivity contribution < 1.29 is 18.8 Å². The highest BCUT2D eigenvalue weighted by Gasteiger charge is 2.16. The molecule has 0 aliphatic carbocycles. The second-order valence-electron chi connectivity index (χ2n) is 6.06. The van der Waals surface area contributed by atoms with Gasteiger partial charge >= 0.3 is 0 Å². The quantitative estimate of drug-likeness (QED) is 0.881. The van der Waals surface area contributed by atoms with E-state index in [1.54, 1.807) is 24.3 Å². The van der Waals surface area contributed by atoms with E-state index in [-0.39, 0.29) is 5.91 Å². The molecule has 1 fully saturated rings. The molecular weight excluding hydrogens is 308 g/mol. The lowest BCUT2D eigenvalue weighted by atomic mass is 10.1. The molecule has 0 radical (unpaired) electrons. The Morgan fingerprint density at radius 1 is 1.33 bits per heavy atom. The normalized spacial score (nSPS) is 17.0. The Bertz CT molecular complexity index is 668. The first kappa shape index (κ1) is 16.5. The molecule has 1 aliphatic rings. The topological polar surface area (TPSA) is 73.6 Å². The third-order valence-electron chi connectivity index (χ3n) is 4.26. The highest BCUT2D eigenvalue weighted by atomic mass is 16.5. The highest BCUT2D eigenvalue weighted by Crippen LogP contribution is 2.18. The monoisotopic (exact) mass is 330 g/mol. The lowest BCUT2D eigenvalue weighted by molar-refractivity contribution is 0.0945. The molecule has 1 atom stereocenters. The van der Waals surface area contributed by atoms with Crippen molar-refractivity contribution in [2.75, 3.05) is 19.8 Å². The molecule has 0 unspecified atom stereocenters. The Labute approximate surface area is 141 Å². The third kappa shape index (κ3) is 3.94. The zero-order chi connectivity index (χ0) is 16.9. The SMILES string of the molecule is Cc1noc(C)c1COc1ccc(C(=O)NC[C@@H]2CCOC2)cc1. The minimum Gasteiger partial charge on any atom is -0.489 e. The second-order valence-corrected chi connectivity index (χ2v) is 6.06. The van der Waals surface area contributed by atoms with E-state index in [1.807, 2.05) is 13.8 Å². The molecule has 1 aromatic heterocycles. The van der Waals surface area contributed by atoms with Crippen LogP contribution in [0.3, 0.4) is 0 Å². The molecular formula is C18H22N2O4. The van der Waals surface area contributed by atoms with E-state index in [0.29, 0.717) is 30.4 Å². The number of aromatic nitrogens is 1. The summed E-state index contributed by atoms with van der Waals surface area (Å²) in [7, 11) is 0. The predicted octanol–water partition coefficient (Wildman–Crippen LogP) is 2.64. The van der Waals surface area contributed by atoms with Crippen molar-refractivity contribution in [1.29, 1.82) is 0 Å². The number of carbonyl (C=O) groups excluding carboxylic acids is 1. The Balaban J connectivity index is 1.52. The predicted molar refractivity (Wildman–Crippen MR) is 88.0 cm³/mol.